The first-order valence-electron chi connectivity index (χ1n) is 12.5. The number of rotatable bonds is 5. The number of amides is 2. The van der Waals surface area contributed by atoms with E-state index in [1.807, 2.05) is 32.9 Å². The van der Waals surface area contributed by atoms with E-state index < -0.39 is 11.5 Å². The lowest BCUT2D eigenvalue weighted by Crippen LogP contribution is -2.41. The fourth-order valence-electron chi connectivity index (χ4n) is 4.62. The summed E-state index contributed by atoms with van der Waals surface area (Å²) in [6, 6.07) is 8.13. The van der Waals surface area contributed by atoms with Crippen LogP contribution < -0.4 is 16.0 Å². The lowest BCUT2D eigenvalue weighted by Gasteiger charge is -2.33. The summed E-state index contributed by atoms with van der Waals surface area (Å²) in [7, 11) is 0. The van der Waals surface area contributed by atoms with Crippen LogP contribution in [-0.4, -0.2) is 58.6 Å². The number of benzene rings is 1. The van der Waals surface area contributed by atoms with Crippen molar-refractivity contribution >= 4 is 29.3 Å². The first kappa shape index (κ1) is 24.8. The van der Waals surface area contributed by atoms with Crippen molar-refractivity contribution in [2.24, 2.45) is 5.73 Å². The maximum Gasteiger partial charge on any atom is 0.410 e. The van der Waals surface area contributed by atoms with E-state index in [0.29, 0.717) is 24.8 Å². The zero-order chi connectivity index (χ0) is 25.0. The Kier molecular flexibility index (Phi) is 7.42. The second kappa shape index (κ2) is 10.5. The van der Waals surface area contributed by atoms with Crippen LogP contribution in [0.5, 0.6) is 0 Å². The Hall–Kier alpha value is -3.36. The smallest absolute Gasteiger partial charge is 0.410 e. The van der Waals surface area contributed by atoms with E-state index in [1.54, 1.807) is 11.1 Å². The number of hydrogen-bond acceptors (Lipinski definition) is 7. The van der Waals surface area contributed by atoms with Gasteiger partial charge in [-0.15, -0.1) is 0 Å². The van der Waals surface area contributed by atoms with E-state index in [-0.39, 0.29) is 11.8 Å². The van der Waals surface area contributed by atoms with E-state index in [2.05, 4.69) is 32.3 Å². The molecule has 188 valence electrons. The number of anilines is 3. The molecular formula is C26H36N6O3. The number of hydrogen-bond donors (Lipinski definition) is 2. The van der Waals surface area contributed by atoms with E-state index in [9.17, 15) is 9.59 Å². The van der Waals surface area contributed by atoms with Gasteiger partial charge in [0, 0.05) is 31.9 Å². The molecule has 4 rings (SSSR count). The lowest BCUT2D eigenvalue weighted by atomic mass is 9.89. The molecule has 0 aliphatic carbocycles. The van der Waals surface area contributed by atoms with Crippen LogP contribution >= 0.6 is 0 Å². The van der Waals surface area contributed by atoms with Crippen molar-refractivity contribution in [2.45, 2.75) is 64.4 Å². The predicted molar refractivity (Wildman–Crippen MR) is 136 cm³/mol. The van der Waals surface area contributed by atoms with Crippen LogP contribution in [0.2, 0.25) is 0 Å². The summed E-state index contributed by atoms with van der Waals surface area (Å²) in [5, 5.41) is 3.24. The molecule has 2 aliphatic rings. The van der Waals surface area contributed by atoms with Gasteiger partial charge in [-0.2, -0.15) is 0 Å². The summed E-state index contributed by atoms with van der Waals surface area (Å²) in [5.41, 5.74) is 7.24. The van der Waals surface area contributed by atoms with Crippen molar-refractivity contribution in [1.82, 2.24) is 14.9 Å². The van der Waals surface area contributed by atoms with Crippen LogP contribution in [0.4, 0.5) is 22.1 Å². The molecule has 1 aromatic heterocycles. The number of primary amides is 1. The van der Waals surface area contributed by atoms with Gasteiger partial charge < -0.3 is 25.6 Å². The summed E-state index contributed by atoms with van der Waals surface area (Å²) < 4.78 is 5.50. The molecule has 2 fully saturated rings. The first-order valence-corrected chi connectivity index (χ1v) is 12.5. The number of nitrogens with one attached hydrogen (secondary N) is 1. The Bertz CT molecular complexity index is 1040. The minimum Gasteiger partial charge on any atom is -0.444 e. The normalized spacial score (nSPS) is 17.2. The van der Waals surface area contributed by atoms with Crippen molar-refractivity contribution in [1.29, 1.82) is 0 Å². The molecule has 9 nitrogen and oxygen atoms in total. The summed E-state index contributed by atoms with van der Waals surface area (Å²) in [6.45, 7) is 8.89. The number of ether oxygens (including phenoxy) is 1. The van der Waals surface area contributed by atoms with Crippen LogP contribution in [0.1, 0.15) is 74.8 Å². The van der Waals surface area contributed by atoms with E-state index in [4.69, 9.17) is 10.5 Å². The fourth-order valence-corrected chi connectivity index (χ4v) is 4.62. The highest BCUT2D eigenvalue weighted by atomic mass is 16.6. The molecule has 2 aromatic rings. The van der Waals surface area contributed by atoms with Crippen LogP contribution in [0.15, 0.2) is 30.5 Å². The second-order valence-corrected chi connectivity index (χ2v) is 10.3. The summed E-state index contributed by atoms with van der Waals surface area (Å²) >= 11 is 0. The predicted octanol–water partition coefficient (Wildman–Crippen LogP) is 4.42. The van der Waals surface area contributed by atoms with E-state index in [1.165, 1.54) is 12.0 Å². The zero-order valence-electron chi connectivity index (χ0n) is 20.9. The third-order valence-corrected chi connectivity index (χ3v) is 6.46. The maximum atomic E-state index is 12.3. The highest BCUT2D eigenvalue weighted by Crippen LogP contribution is 2.30. The third-order valence-electron chi connectivity index (χ3n) is 6.46. The van der Waals surface area contributed by atoms with Gasteiger partial charge in [-0.1, -0.05) is 12.1 Å². The molecule has 0 bridgehead atoms. The largest absolute Gasteiger partial charge is 0.444 e. The Morgan fingerprint density at radius 1 is 1.03 bits per heavy atom. The highest BCUT2D eigenvalue weighted by Gasteiger charge is 2.27. The Labute approximate surface area is 207 Å². The molecular weight excluding hydrogens is 444 g/mol. The molecule has 3 N–H and O–H groups in total. The maximum absolute atomic E-state index is 12.3. The summed E-state index contributed by atoms with van der Waals surface area (Å²) in [5.74, 6) is 0.897. The molecule has 0 unspecified atom stereocenters. The van der Waals surface area contributed by atoms with Gasteiger partial charge in [0.1, 0.15) is 11.4 Å². The molecule has 0 radical (unpaired) electrons. The molecule has 2 saturated heterocycles. The number of carbonyl (C=O) groups is 2. The second-order valence-electron chi connectivity index (χ2n) is 10.3. The molecule has 1 aromatic carbocycles. The summed E-state index contributed by atoms with van der Waals surface area (Å²) in [4.78, 5) is 37.2. The van der Waals surface area contributed by atoms with Gasteiger partial charge in [0.2, 0.25) is 0 Å². The Balaban J connectivity index is 1.40. The van der Waals surface area contributed by atoms with Gasteiger partial charge in [0.15, 0.2) is 11.5 Å². The van der Waals surface area contributed by atoms with Crippen LogP contribution in [0.3, 0.4) is 0 Å². The molecule has 3 heterocycles. The van der Waals surface area contributed by atoms with Gasteiger partial charge in [-0.25, -0.2) is 14.8 Å². The van der Waals surface area contributed by atoms with Crippen molar-refractivity contribution in [3.63, 3.8) is 0 Å². The molecule has 0 saturated carbocycles. The molecule has 0 spiro atoms. The van der Waals surface area contributed by atoms with Crippen LogP contribution in [-0.2, 0) is 4.74 Å². The van der Waals surface area contributed by atoms with Gasteiger partial charge in [-0.05, 0) is 76.5 Å². The first-order chi connectivity index (χ1) is 16.7. The Morgan fingerprint density at radius 3 is 2.29 bits per heavy atom. The quantitative estimate of drug-likeness (QED) is 0.651. The van der Waals surface area contributed by atoms with Crippen LogP contribution in [0, 0.1) is 0 Å². The van der Waals surface area contributed by atoms with Crippen molar-refractivity contribution in [2.75, 3.05) is 36.4 Å². The lowest BCUT2D eigenvalue weighted by molar-refractivity contribution is 0.0204. The number of nitrogens with zero attached hydrogens (tertiary/aromatic N) is 4. The number of carbonyl (C=O) groups excluding carboxylic acids is 2. The summed E-state index contributed by atoms with van der Waals surface area (Å²) in [6.07, 6.45) is 6.64. The molecule has 2 amide bonds. The SMILES string of the molecule is CC(C)(C)OC(=O)N1CCC(c2ccc(Nc3nc(N4CCCCC4)cnc3C(N)=O)cc2)CC1. The van der Waals surface area contributed by atoms with Gasteiger partial charge in [-0.3, -0.25) is 4.79 Å². The van der Waals surface area contributed by atoms with E-state index in [0.717, 1.165) is 50.3 Å². The van der Waals surface area contributed by atoms with Gasteiger partial charge >= 0.3 is 6.09 Å². The highest BCUT2D eigenvalue weighted by molar-refractivity contribution is 5.96. The molecule has 35 heavy (non-hydrogen) atoms. The fraction of sp³-hybridized carbons (Fsp3) is 0.538. The Morgan fingerprint density at radius 2 is 1.69 bits per heavy atom. The minimum atomic E-state index is -0.612. The van der Waals surface area contributed by atoms with Crippen molar-refractivity contribution in [3.8, 4) is 0 Å². The molecule has 9 heteroatoms. The van der Waals surface area contributed by atoms with Gasteiger partial charge in [0.05, 0.1) is 6.20 Å². The third kappa shape index (κ3) is 6.41. The van der Waals surface area contributed by atoms with E-state index >= 15 is 0 Å². The number of likely N-dealkylation sites (tertiary alicyclic amines) is 1. The van der Waals surface area contributed by atoms with Crippen molar-refractivity contribution in [3.05, 3.63) is 41.7 Å². The minimum absolute atomic E-state index is 0.129. The average Bonchev–Trinajstić information content (AvgIpc) is 2.84. The van der Waals surface area contributed by atoms with Gasteiger partial charge in [0.25, 0.3) is 5.91 Å². The number of aromatic nitrogens is 2. The molecule has 0 atom stereocenters. The standard InChI is InChI=1S/C26H36N6O3/c1-26(2,3)35-25(34)32-15-11-19(12-16-32)18-7-9-20(10-8-18)29-24-22(23(27)33)28-17-21(30-24)31-13-5-4-6-14-31/h7-10,17,19H,4-6,11-16H2,1-3H3,(H2,27,33)(H,29,30). The van der Waals surface area contributed by atoms with Crippen LogP contribution in [0.25, 0.3) is 0 Å². The zero-order valence-corrected chi connectivity index (χ0v) is 20.9. The molecule has 2 aliphatic heterocycles. The topological polar surface area (TPSA) is 114 Å². The monoisotopic (exact) mass is 480 g/mol. The average molecular weight is 481 g/mol. The number of piperidine rings is 2. The number of nitrogens with two attached hydrogens (primary N) is 1. The van der Waals surface area contributed by atoms with Crippen molar-refractivity contribution < 1.29 is 14.3 Å².